The van der Waals surface area contributed by atoms with Crippen LogP contribution in [0.2, 0.25) is 10.0 Å². The summed E-state index contributed by atoms with van der Waals surface area (Å²) >= 11 is 12.7. The van der Waals surface area contributed by atoms with Crippen LogP contribution in [0.3, 0.4) is 0 Å². The number of rotatable bonds is 1. The maximum absolute atomic E-state index is 12.7. The Morgan fingerprint density at radius 1 is 1.36 bits per heavy atom. The first-order valence-corrected chi connectivity index (χ1v) is 4.82. The van der Waals surface area contributed by atoms with Gasteiger partial charge in [-0.05, 0) is 18.4 Å². The van der Waals surface area contributed by atoms with Gasteiger partial charge in [-0.1, -0.05) is 23.2 Å². The zero-order valence-electron chi connectivity index (χ0n) is 5.70. The fourth-order valence-electron chi connectivity index (χ4n) is 0.696. The van der Waals surface area contributed by atoms with Crippen molar-refractivity contribution < 1.29 is 4.39 Å². The highest BCUT2D eigenvalue weighted by Crippen LogP contribution is 2.33. The van der Waals surface area contributed by atoms with Crippen LogP contribution in [0.15, 0.2) is 17.0 Å². The molecule has 0 N–H and O–H groups in total. The van der Waals surface area contributed by atoms with E-state index in [2.05, 4.69) is 0 Å². The molecule has 0 bridgehead atoms. The van der Waals surface area contributed by atoms with E-state index in [0.29, 0.717) is 9.92 Å². The summed E-state index contributed by atoms with van der Waals surface area (Å²) in [4.78, 5) is 0.591. The van der Waals surface area contributed by atoms with Crippen LogP contribution in [0.25, 0.3) is 0 Å². The van der Waals surface area contributed by atoms with Crippen molar-refractivity contribution in [1.82, 2.24) is 0 Å². The molecule has 0 atom stereocenters. The van der Waals surface area contributed by atoms with Gasteiger partial charge in [0.05, 0.1) is 10.0 Å². The largest absolute Gasteiger partial charge is 0.205 e. The van der Waals surface area contributed by atoms with E-state index in [4.69, 9.17) is 23.2 Å². The Balaban J connectivity index is 3.29. The van der Waals surface area contributed by atoms with Gasteiger partial charge in [0.25, 0.3) is 0 Å². The topological polar surface area (TPSA) is 0 Å². The number of benzene rings is 1. The van der Waals surface area contributed by atoms with Crippen LogP contribution in [0.5, 0.6) is 0 Å². The number of halogens is 3. The van der Waals surface area contributed by atoms with Crippen LogP contribution < -0.4 is 0 Å². The molecular formula is C7H5Cl2FS. The molecule has 0 unspecified atom stereocenters. The molecule has 0 amide bonds. The van der Waals surface area contributed by atoms with Crippen molar-refractivity contribution in [3.63, 3.8) is 0 Å². The molecule has 1 aromatic carbocycles. The maximum Gasteiger partial charge on any atom is 0.143 e. The van der Waals surface area contributed by atoms with Gasteiger partial charge < -0.3 is 0 Å². The lowest BCUT2D eigenvalue weighted by Crippen LogP contribution is -1.81. The molecule has 0 aromatic heterocycles. The monoisotopic (exact) mass is 210 g/mol. The minimum Gasteiger partial charge on any atom is -0.205 e. The first-order valence-electron chi connectivity index (χ1n) is 2.84. The molecule has 0 aliphatic rings. The predicted molar refractivity (Wildman–Crippen MR) is 48.2 cm³/mol. The highest BCUT2D eigenvalue weighted by molar-refractivity contribution is 7.98. The van der Waals surface area contributed by atoms with E-state index in [-0.39, 0.29) is 5.02 Å². The van der Waals surface area contributed by atoms with Gasteiger partial charge >= 0.3 is 0 Å². The van der Waals surface area contributed by atoms with E-state index in [9.17, 15) is 4.39 Å². The summed E-state index contributed by atoms with van der Waals surface area (Å²) in [5.41, 5.74) is 0. The van der Waals surface area contributed by atoms with Crippen molar-refractivity contribution in [1.29, 1.82) is 0 Å². The lowest BCUT2D eigenvalue weighted by molar-refractivity contribution is 0.625. The highest BCUT2D eigenvalue weighted by Gasteiger charge is 2.08. The van der Waals surface area contributed by atoms with E-state index in [1.54, 1.807) is 6.26 Å². The minimum absolute atomic E-state index is 0.102. The fraction of sp³-hybridized carbons (Fsp3) is 0.143. The van der Waals surface area contributed by atoms with Crippen LogP contribution in [0.4, 0.5) is 4.39 Å². The Morgan fingerprint density at radius 2 is 2.00 bits per heavy atom. The Labute approximate surface area is 78.7 Å². The van der Waals surface area contributed by atoms with Crippen LogP contribution in [-0.4, -0.2) is 6.26 Å². The van der Waals surface area contributed by atoms with Gasteiger partial charge in [0, 0.05) is 4.90 Å². The van der Waals surface area contributed by atoms with Gasteiger partial charge in [-0.15, -0.1) is 11.8 Å². The van der Waals surface area contributed by atoms with E-state index < -0.39 is 5.82 Å². The maximum atomic E-state index is 12.7. The standard InChI is InChI=1S/C7H5Cl2FS/c1-11-7-4(8)2-3-5(10)6(7)9/h2-3H,1H3. The molecule has 0 nitrogen and oxygen atoms in total. The highest BCUT2D eigenvalue weighted by atomic mass is 35.5. The summed E-state index contributed by atoms with van der Waals surface area (Å²) in [5, 5.41) is 0.592. The predicted octanol–water partition coefficient (Wildman–Crippen LogP) is 3.85. The molecule has 0 heterocycles. The van der Waals surface area contributed by atoms with Crippen molar-refractivity contribution >= 4 is 35.0 Å². The normalized spacial score (nSPS) is 10.2. The van der Waals surface area contributed by atoms with E-state index in [0.717, 1.165) is 0 Å². The van der Waals surface area contributed by atoms with Crippen LogP contribution in [0.1, 0.15) is 0 Å². The zero-order chi connectivity index (χ0) is 8.43. The first kappa shape index (κ1) is 9.17. The molecule has 0 saturated heterocycles. The van der Waals surface area contributed by atoms with E-state index >= 15 is 0 Å². The van der Waals surface area contributed by atoms with Crippen LogP contribution in [-0.2, 0) is 0 Å². The van der Waals surface area contributed by atoms with E-state index in [1.807, 2.05) is 0 Å². The Bertz CT molecular complexity index is 275. The van der Waals surface area contributed by atoms with Gasteiger partial charge in [0.1, 0.15) is 5.82 Å². The third-order valence-electron chi connectivity index (χ3n) is 1.21. The van der Waals surface area contributed by atoms with Crippen molar-refractivity contribution in [2.24, 2.45) is 0 Å². The third-order valence-corrected chi connectivity index (χ3v) is 2.95. The van der Waals surface area contributed by atoms with Gasteiger partial charge in [0.15, 0.2) is 0 Å². The molecule has 1 rings (SSSR count). The molecular weight excluding hydrogens is 206 g/mol. The average molecular weight is 211 g/mol. The molecule has 0 radical (unpaired) electrons. The Kier molecular flexibility index (Phi) is 3.05. The molecule has 0 fully saturated rings. The Morgan fingerprint density at radius 3 is 2.45 bits per heavy atom. The van der Waals surface area contributed by atoms with Crippen LogP contribution >= 0.6 is 35.0 Å². The van der Waals surface area contributed by atoms with Gasteiger partial charge in [-0.3, -0.25) is 0 Å². The second-order valence-electron chi connectivity index (χ2n) is 1.88. The first-order chi connectivity index (χ1) is 5.16. The molecule has 1 aromatic rings. The minimum atomic E-state index is -0.430. The van der Waals surface area contributed by atoms with Gasteiger partial charge in [-0.25, -0.2) is 4.39 Å². The molecule has 0 aliphatic carbocycles. The van der Waals surface area contributed by atoms with Gasteiger partial charge in [-0.2, -0.15) is 0 Å². The number of hydrogen-bond donors (Lipinski definition) is 0. The summed E-state index contributed by atoms with van der Waals surface area (Å²) in [5.74, 6) is -0.430. The Hall–Kier alpha value is 0.0800. The lowest BCUT2D eigenvalue weighted by atomic mass is 10.3. The van der Waals surface area contributed by atoms with Crippen molar-refractivity contribution in [2.45, 2.75) is 4.90 Å². The summed E-state index contributed by atoms with van der Waals surface area (Å²) in [7, 11) is 0. The third kappa shape index (κ3) is 1.81. The summed E-state index contributed by atoms with van der Waals surface area (Å²) in [6.45, 7) is 0. The zero-order valence-corrected chi connectivity index (χ0v) is 8.03. The average Bonchev–Trinajstić information content (AvgIpc) is 1.99. The fourth-order valence-corrected chi connectivity index (χ4v) is 2.07. The van der Waals surface area contributed by atoms with Gasteiger partial charge in [0.2, 0.25) is 0 Å². The molecule has 60 valence electrons. The second-order valence-corrected chi connectivity index (χ2v) is 3.48. The smallest absolute Gasteiger partial charge is 0.143 e. The van der Waals surface area contributed by atoms with Crippen molar-refractivity contribution in [3.05, 3.63) is 28.0 Å². The molecule has 4 heteroatoms. The molecule has 0 spiro atoms. The quantitative estimate of drug-likeness (QED) is 0.502. The summed E-state index contributed by atoms with van der Waals surface area (Å²) < 4.78 is 12.7. The number of hydrogen-bond acceptors (Lipinski definition) is 1. The SMILES string of the molecule is CSc1c(Cl)ccc(F)c1Cl. The summed E-state index contributed by atoms with van der Waals surface area (Å²) in [6, 6.07) is 2.75. The lowest BCUT2D eigenvalue weighted by Gasteiger charge is -2.02. The van der Waals surface area contributed by atoms with Crippen molar-refractivity contribution in [2.75, 3.05) is 6.26 Å². The molecule has 11 heavy (non-hydrogen) atoms. The number of thioether (sulfide) groups is 1. The van der Waals surface area contributed by atoms with Crippen molar-refractivity contribution in [3.8, 4) is 0 Å². The van der Waals surface area contributed by atoms with E-state index in [1.165, 1.54) is 23.9 Å². The molecule has 0 aliphatic heterocycles. The van der Waals surface area contributed by atoms with Crippen LogP contribution in [0, 0.1) is 5.82 Å². The summed E-state index contributed by atoms with van der Waals surface area (Å²) in [6.07, 6.45) is 1.80. The second kappa shape index (κ2) is 3.65. The molecule has 0 saturated carbocycles.